The first-order chi connectivity index (χ1) is 16.8. The van der Waals surface area contributed by atoms with Crippen LogP contribution in [0.4, 0.5) is 39.5 Å². The van der Waals surface area contributed by atoms with E-state index in [1.807, 2.05) is 0 Å². The van der Waals surface area contributed by atoms with Crippen LogP contribution in [0.1, 0.15) is 84.0 Å². The predicted octanol–water partition coefficient (Wildman–Crippen LogP) is 6.97. The van der Waals surface area contributed by atoms with Crippen molar-refractivity contribution in [2.45, 2.75) is 114 Å². The number of nitrogens with zero attached hydrogens (tertiary/aromatic N) is 2. The van der Waals surface area contributed by atoms with E-state index in [-0.39, 0.29) is 0 Å². The van der Waals surface area contributed by atoms with Crippen molar-refractivity contribution in [1.82, 2.24) is 4.57 Å². The van der Waals surface area contributed by atoms with E-state index in [9.17, 15) is 52.5 Å². The van der Waals surface area contributed by atoms with E-state index in [1.54, 1.807) is 0 Å². The number of aromatic nitrogens is 2. The first kappa shape index (κ1) is 35.5. The zero-order valence-corrected chi connectivity index (χ0v) is 21.7. The van der Waals surface area contributed by atoms with Gasteiger partial charge in [0.15, 0.2) is 10.1 Å². The quantitative estimate of drug-likeness (QED) is 0.0921. The molecule has 0 atom stereocenters. The Balaban J connectivity index is 0.000000712. The number of hydrogen-bond acceptors (Lipinski definition) is 3. The summed E-state index contributed by atoms with van der Waals surface area (Å²) in [6.07, 6.45) is 16.4. The Labute approximate surface area is 211 Å². The number of alkyl halides is 9. The third-order valence-electron chi connectivity index (χ3n) is 5.52. The van der Waals surface area contributed by atoms with Crippen LogP contribution >= 0.6 is 0 Å². The molecule has 1 heterocycles. The standard InChI is InChI=1S/C18H35N2.C4HF9O3S/c1-3-4-5-6-7-8-9-10-11-12-13-14-15-20-17-16-19(2)18-20;5-1(6,3(9,10)11)2(7,8)4(12,13)17(14,15)16/h16-18H,3-15H2,1-2H3;(H,14,15,16)/q+1;/p-1. The van der Waals surface area contributed by atoms with E-state index in [1.165, 1.54) is 83.6 Å². The van der Waals surface area contributed by atoms with Gasteiger partial charge in [0, 0.05) is 0 Å². The highest BCUT2D eigenvalue weighted by atomic mass is 32.2. The Morgan fingerprint density at radius 2 is 1.14 bits per heavy atom. The van der Waals surface area contributed by atoms with Gasteiger partial charge in [-0.25, -0.2) is 17.6 Å². The molecule has 0 bridgehead atoms. The van der Waals surface area contributed by atoms with Crippen LogP contribution in [0.15, 0.2) is 18.7 Å². The summed E-state index contributed by atoms with van der Waals surface area (Å²) < 4.78 is 140. The second kappa shape index (κ2) is 15.2. The van der Waals surface area contributed by atoms with Crippen molar-refractivity contribution in [3.8, 4) is 0 Å². The van der Waals surface area contributed by atoms with Crippen LogP contribution < -0.4 is 4.57 Å². The molecular weight excluding hydrogens is 543 g/mol. The third kappa shape index (κ3) is 11.0. The minimum atomic E-state index is -7.43. The lowest BCUT2D eigenvalue weighted by Crippen LogP contribution is -2.63. The fourth-order valence-corrected chi connectivity index (χ4v) is 3.73. The maximum atomic E-state index is 12.2. The van der Waals surface area contributed by atoms with Gasteiger partial charge < -0.3 is 4.55 Å². The molecule has 0 N–H and O–H groups in total. The highest BCUT2D eigenvalue weighted by molar-refractivity contribution is 7.86. The summed E-state index contributed by atoms with van der Waals surface area (Å²) in [7, 11) is -5.33. The van der Waals surface area contributed by atoms with E-state index in [4.69, 9.17) is 0 Å². The molecule has 0 unspecified atom stereocenters. The van der Waals surface area contributed by atoms with Crippen molar-refractivity contribution in [3.05, 3.63) is 18.7 Å². The molecule has 0 aliphatic carbocycles. The second-order valence-electron chi connectivity index (χ2n) is 8.82. The Bertz CT molecular complexity index is 873. The minimum absolute atomic E-state index is 1.18. The van der Waals surface area contributed by atoms with Crippen LogP contribution in [-0.4, -0.2) is 40.8 Å². The number of hydrogen-bond donors (Lipinski definition) is 0. The van der Waals surface area contributed by atoms with Gasteiger partial charge in [0.2, 0.25) is 6.33 Å². The molecule has 0 spiro atoms. The van der Waals surface area contributed by atoms with Gasteiger partial charge >= 0.3 is 23.3 Å². The Morgan fingerprint density at radius 1 is 0.730 bits per heavy atom. The third-order valence-corrected chi connectivity index (χ3v) is 6.41. The summed E-state index contributed by atoms with van der Waals surface area (Å²) in [5.41, 5.74) is 0. The van der Waals surface area contributed by atoms with Gasteiger partial charge in [0.25, 0.3) is 0 Å². The molecule has 0 aliphatic heterocycles. The molecule has 0 saturated heterocycles. The molecule has 1 rings (SSSR count). The molecule has 220 valence electrons. The molecule has 0 aliphatic rings. The fraction of sp³-hybridized carbons (Fsp3) is 0.864. The smallest absolute Gasteiger partial charge is 0.460 e. The highest BCUT2D eigenvalue weighted by Crippen LogP contribution is 2.54. The van der Waals surface area contributed by atoms with Gasteiger partial charge in [-0.3, -0.25) is 0 Å². The first-order valence-electron chi connectivity index (χ1n) is 12.0. The molecule has 1 aromatic rings. The van der Waals surface area contributed by atoms with E-state index in [0.29, 0.717) is 0 Å². The largest absolute Gasteiger partial charge is 0.743 e. The molecule has 0 fully saturated rings. The van der Waals surface area contributed by atoms with Crippen molar-refractivity contribution >= 4 is 10.1 Å². The monoisotopic (exact) mass is 578 g/mol. The van der Waals surface area contributed by atoms with Gasteiger partial charge in [-0.1, -0.05) is 71.1 Å². The molecule has 0 amide bonds. The summed E-state index contributed by atoms with van der Waals surface area (Å²) >= 11 is 0. The van der Waals surface area contributed by atoms with Crippen LogP contribution in [0.25, 0.3) is 0 Å². The topological polar surface area (TPSA) is 66.0 Å². The number of imidazole rings is 1. The first-order valence-corrected chi connectivity index (χ1v) is 13.4. The van der Waals surface area contributed by atoms with E-state index < -0.39 is 33.4 Å². The molecular formula is C22H35F9N2O3S. The number of rotatable bonds is 16. The van der Waals surface area contributed by atoms with Crippen LogP contribution in [0.2, 0.25) is 0 Å². The zero-order chi connectivity index (χ0) is 29.0. The summed E-state index contributed by atoms with van der Waals surface area (Å²) in [5, 5.41) is -7.11. The van der Waals surface area contributed by atoms with Crippen LogP contribution in [-0.2, 0) is 23.7 Å². The molecule has 15 heteroatoms. The summed E-state index contributed by atoms with van der Waals surface area (Å²) in [6.45, 7) is 3.47. The van der Waals surface area contributed by atoms with Crippen molar-refractivity contribution in [2.75, 3.05) is 0 Å². The van der Waals surface area contributed by atoms with Crippen molar-refractivity contribution < 1.29 is 57.1 Å². The Morgan fingerprint density at radius 3 is 1.46 bits per heavy atom. The minimum Gasteiger partial charge on any atom is -0.743 e. The average molecular weight is 579 g/mol. The lowest BCUT2D eigenvalue weighted by atomic mass is 10.1. The van der Waals surface area contributed by atoms with Crippen molar-refractivity contribution in [1.29, 1.82) is 0 Å². The SMILES string of the molecule is CCCCCCCCCCCCCCn1cc[n+](C)c1.O=S(=O)([O-])C(F)(F)C(F)(F)C(F)(F)C(F)(F)F. The lowest BCUT2D eigenvalue weighted by Gasteiger charge is -2.34. The summed E-state index contributed by atoms with van der Waals surface area (Å²) in [5.74, 6) is -14.8. The molecule has 0 radical (unpaired) electrons. The van der Waals surface area contributed by atoms with Crippen LogP contribution in [0.3, 0.4) is 0 Å². The number of halogens is 9. The van der Waals surface area contributed by atoms with Crippen LogP contribution in [0, 0.1) is 0 Å². The van der Waals surface area contributed by atoms with Gasteiger partial charge in [-0.05, 0) is 12.8 Å². The summed E-state index contributed by atoms with van der Waals surface area (Å²) in [6, 6.07) is 0. The molecule has 37 heavy (non-hydrogen) atoms. The molecule has 5 nitrogen and oxygen atoms in total. The second-order valence-corrected chi connectivity index (χ2v) is 10.2. The zero-order valence-electron chi connectivity index (χ0n) is 20.9. The number of aryl methyl sites for hydroxylation is 2. The van der Waals surface area contributed by atoms with E-state index in [2.05, 4.69) is 41.8 Å². The van der Waals surface area contributed by atoms with Crippen molar-refractivity contribution in [2.24, 2.45) is 7.05 Å². The average Bonchev–Trinajstić information content (AvgIpc) is 3.18. The molecule has 0 aromatic carbocycles. The van der Waals surface area contributed by atoms with Crippen LogP contribution in [0.5, 0.6) is 0 Å². The lowest BCUT2D eigenvalue weighted by molar-refractivity contribution is -0.671. The predicted molar refractivity (Wildman–Crippen MR) is 117 cm³/mol. The Kier molecular flexibility index (Phi) is 14.6. The normalized spacial score (nSPS) is 13.4. The van der Waals surface area contributed by atoms with Gasteiger partial charge in [0.1, 0.15) is 12.4 Å². The Hall–Kier alpha value is -1.51. The fourth-order valence-electron chi connectivity index (χ4n) is 3.29. The maximum absolute atomic E-state index is 12.2. The maximum Gasteiger partial charge on any atom is 0.460 e. The van der Waals surface area contributed by atoms with Gasteiger partial charge in [0.05, 0.1) is 13.6 Å². The van der Waals surface area contributed by atoms with Gasteiger partial charge in [-0.2, -0.15) is 39.5 Å². The highest BCUT2D eigenvalue weighted by Gasteiger charge is 2.83. The number of unbranched alkanes of at least 4 members (excludes halogenated alkanes) is 11. The van der Waals surface area contributed by atoms with E-state index >= 15 is 0 Å². The van der Waals surface area contributed by atoms with E-state index in [0.717, 1.165) is 0 Å². The van der Waals surface area contributed by atoms with Gasteiger partial charge in [-0.15, -0.1) is 0 Å². The summed E-state index contributed by atoms with van der Waals surface area (Å²) in [4.78, 5) is 0. The molecule has 1 aromatic heterocycles. The van der Waals surface area contributed by atoms with Crippen molar-refractivity contribution in [3.63, 3.8) is 0 Å². The molecule has 0 saturated carbocycles.